The van der Waals surface area contributed by atoms with Crippen molar-refractivity contribution in [2.75, 3.05) is 6.54 Å². The molecule has 1 amide bonds. The molecule has 1 aliphatic heterocycles. The van der Waals surface area contributed by atoms with Gasteiger partial charge in [-0.3, -0.25) is 4.79 Å². The first-order valence-corrected chi connectivity index (χ1v) is 9.61. The van der Waals surface area contributed by atoms with Crippen LogP contribution in [-0.2, 0) is 17.5 Å². The molecule has 3 aromatic rings. The van der Waals surface area contributed by atoms with Crippen LogP contribution in [0.1, 0.15) is 29.4 Å². The summed E-state index contributed by atoms with van der Waals surface area (Å²) in [4.78, 5) is 18.1. The number of ether oxygens (including phenoxy) is 1. The smallest absolute Gasteiger partial charge is 0.406 e. The highest BCUT2D eigenvalue weighted by Crippen LogP contribution is 2.32. The Morgan fingerprint density at radius 3 is 2.27 bits per heavy atom. The zero-order valence-corrected chi connectivity index (χ0v) is 16.7. The Morgan fingerprint density at radius 1 is 1.00 bits per heavy atom. The lowest BCUT2D eigenvalue weighted by atomic mass is 10.1. The second kappa shape index (κ2) is 8.41. The van der Waals surface area contributed by atoms with E-state index in [9.17, 15) is 31.1 Å². The van der Waals surface area contributed by atoms with Gasteiger partial charge in [-0.15, -0.1) is 13.2 Å². The Kier molecular flexibility index (Phi) is 5.76. The van der Waals surface area contributed by atoms with Crippen LogP contribution in [0.4, 0.5) is 26.3 Å². The molecule has 1 fully saturated rings. The topological polar surface area (TPSA) is 68.5 Å². The van der Waals surface area contributed by atoms with E-state index in [2.05, 4.69) is 14.9 Å². The molecule has 4 rings (SSSR count). The maximum atomic E-state index is 12.7. The fourth-order valence-corrected chi connectivity index (χ4v) is 3.43. The molecule has 1 saturated heterocycles. The van der Waals surface area contributed by atoms with Crippen molar-refractivity contribution in [3.05, 3.63) is 65.5 Å². The quantitative estimate of drug-likeness (QED) is 0.481. The van der Waals surface area contributed by atoms with Crippen molar-refractivity contribution in [1.82, 2.24) is 15.0 Å². The van der Waals surface area contributed by atoms with Gasteiger partial charge in [0.05, 0.1) is 11.5 Å². The minimum atomic E-state index is -4.80. The molecule has 0 N–H and O–H groups in total. The number of likely N-dealkylation sites (tertiary alicyclic amines) is 1. The summed E-state index contributed by atoms with van der Waals surface area (Å²) in [7, 11) is 0. The molecule has 33 heavy (non-hydrogen) atoms. The standard InChI is InChI=1S/C21H15F6N3O3/c22-20(23,24)15-5-1-12(2-6-15)10-30-11-14(9-17(30)31)19-28-18(29-33-19)13-3-7-16(8-4-13)32-21(25,26)27/h1-8,14H,9-11H2. The minimum absolute atomic E-state index is 0.0840. The highest BCUT2D eigenvalue weighted by Gasteiger charge is 2.35. The first-order chi connectivity index (χ1) is 15.5. The Morgan fingerprint density at radius 2 is 1.67 bits per heavy atom. The van der Waals surface area contributed by atoms with Gasteiger partial charge in [-0.05, 0) is 42.0 Å². The van der Waals surface area contributed by atoms with Gasteiger partial charge in [0, 0.05) is 25.1 Å². The van der Waals surface area contributed by atoms with Crippen LogP contribution in [0.15, 0.2) is 53.1 Å². The molecule has 0 aliphatic carbocycles. The van der Waals surface area contributed by atoms with E-state index < -0.39 is 29.8 Å². The summed E-state index contributed by atoms with van der Waals surface area (Å²) >= 11 is 0. The molecule has 0 bridgehead atoms. The first-order valence-electron chi connectivity index (χ1n) is 9.61. The first kappa shape index (κ1) is 22.6. The van der Waals surface area contributed by atoms with Crippen LogP contribution in [0.2, 0.25) is 0 Å². The Labute approximate surface area is 182 Å². The monoisotopic (exact) mass is 471 g/mol. The van der Waals surface area contributed by atoms with E-state index >= 15 is 0 Å². The van der Waals surface area contributed by atoms with Crippen LogP contribution in [0.25, 0.3) is 11.4 Å². The molecular weight excluding hydrogens is 456 g/mol. The van der Waals surface area contributed by atoms with Gasteiger partial charge in [-0.2, -0.15) is 18.2 Å². The summed E-state index contributed by atoms with van der Waals surface area (Å²) in [6.07, 6.45) is -9.16. The summed E-state index contributed by atoms with van der Waals surface area (Å²) in [5, 5.41) is 3.82. The van der Waals surface area contributed by atoms with Crippen LogP contribution in [0.3, 0.4) is 0 Å². The summed E-state index contributed by atoms with van der Waals surface area (Å²) in [5.74, 6) is -0.703. The van der Waals surface area contributed by atoms with Crippen molar-refractivity contribution in [2.24, 2.45) is 0 Å². The van der Waals surface area contributed by atoms with E-state index in [1.807, 2.05) is 0 Å². The third-order valence-corrected chi connectivity index (χ3v) is 5.01. The molecule has 2 aromatic carbocycles. The number of carbonyl (C=O) groups excluding carboxylic acids is 1. The van der Waals surface area contributed by atoms with Gasteiger partial charge in [0.2, 0.25) is 17.6 Å². The molecule has 0 saturated carbocycles. The number of halogens is 6. The van der Waals surface area contributed by atoms with E-state index in [1.165, 1.54) is 29.2 Å². The number of amides is 1. The highest BCUT2D eigenvalue weighted by atomic mass is 19.4. The lowest BCUT2D eigenvalue weighted by Crippen LogP contribution is -2.24. The Bertz CT molecular complexity index is 1120. The molecule has 0 spiro atoms. The van der Waals surface area contributed by atoms with Crippen LogP contribution in [0.5, 0.6) is 5.75 Å². The number of aromatic nitrogens is 2. The van der Waals surface area contributed by atoms with Crippen molar-refractivity contribution in [2.45, 2.75) is 31.4 Å². The molecule has 0 radical (unpaired) electrons. The fraction of sp³-hybridized carbons (Fsp3) is 0.286. The molecule has 1 unspecified atom stereocenters. The fourth-order valence-electron chi connectivity index (χ4n) is 3.43. The number of hydrogen-bond acceptors (Lipinski definition) is 5. The van der Waals surface area contributed by atoms with E-state index in [0.29, 0.717) is 11.1 Å². The van der Waals surface area contributed by atoms with Crippen molar-refractivity contribution >= 4 is 5.91 Å². The molecule has 174 valence electrons. The second-order valence-corrected chi connectivity index (χ2v) is 7.40. The molecular formula is C21H15F6N3O3. The third kappa shape index (κ3) is 5.44. The molecule has 1 aliphatic rings. The van der Waals surface area contributed by atoms with Gasteiger partial charge in [-0.1, -0.05) is 17.3 Å². The second-order valence-electron chi connectivity index (χ2n) is 7.40. The van der Waals surface area contributed by atoms with Crippen molar-refractivity contribution in [3.63, 3.8) is 0 Å². The minimum Gasteiger partial charge on any atom is -0.406 e. The SMILES string of the molecule is O=C1CC(c2nc(-c3ccc(OC(F)(F)F)cc3)no2)CN1Cc1ccc(C(F)(F)F)cc1. The van der Waals surface area contributed by atoms with Crippen molar-refractivity contribution in [1.29, 1.82) is 0 Å². The highest BCUT2D eigenvalue weighted by molar-refractivity contribution is 5.79. The van der Waals surface area contributed by atoms with Crippen molar-refractivity contribution in [3.8, 4) is 17.1 Å². The lowest BCUT2D eigenvalue weighted by Gasteiger charge is -2.16. The van der Waals surface area contributed by atoms with Crippen LogP contribution in [0, 0.1) is 0 Å². The van der Waals surface area contributed by atoms with Crippen LogP contribution in [-0.4, -0.2) is 33.9 Å². The number of nitrogens with zero attached hydrogens (tertiary/aromatic N) is 3. The zero-order valence-electron chi connectivity index (χ0n) is 16.7. The predicted octanol–water partition coefficient (Wildman–Crippen LogP) is 5.17. The molecule has 1 atom stereocenters. The Hall–Kier alpha value is -3.57. The van der Waals surface area contributed by atoms with Gasteiger partial charge >= 0.3 is 12.5 Å². The maximum Gasteiger partial charge on any atom is 0.573 e. The maximum absolute atomic E-state index is 12.7. The van der Waals surface area contributed by atoms with E-state index in [0.717, 1.165) is 24.3 Å². The Balaban J connectivity index is 1.40. The van der Waals surface area contributed by atoms with Crippen LogP contribution < -0.4 is 4.74 Å². The average Bonchev–Trinajstić information content (AvgIpc) is 3.35. The number of benzene rings is 2. The molecule has 2 heterocycles. The third-order valence-electron chi connectivity index (χ3n) is 5.01. The van der Waals surface area contributed by atoms with E-state index in [4.69, 9.17) is 4.52 Å². The van der Waals surface area contributed by atoms with Crippen molar-refractivity contribution < 1.29 is 40.4 Å². The van der Waals surface area contributed by atoms with E-state index in [-0.39, 0.29) is 37.1 Å². The van der Waals surface area contributed by atoms with Gasteiger partial charge in [0.25, 0.3) is 0 Å². The summed E-state index contributed by atoms with van der Waals surface area (Å²) < 4.78 is 83.9. The van der Waals surface area contributed by atoms with E-state index in [1.54, 1.807) is 0 Å². The largest absolute Gasteiger partial charge is 0.573 e. The summed E-state index contributed by atoms with van der Waals surface area (Å²) in [6.45, 7) is 0.370. The average molecular weight is 471 g/mol. The summed E-state index contributed by atoms with van der Waals surface area (Å²) in [5.41, 5.74) is 0.170. The summed E-state index contributed by atoms with van der Waals surface area (Å²) in [6, 6.07) is 9.47. The molecule has 6 nitrogen and oxygen atoms in total. The number of alkyl halides is 6. The number of carbonyl (C=O) groups is 1. The lowest BCUT2D eigenvalue weighted by molar-refractivity contribution is -0.274. The predicted molar refractivity (Wildman–Crippen MR) is 101 cm³/mol. The van der Waals surface area contributed by atoms with Gasteiger partial charge in [-0.25, -0.2) is 0 Å². The van der Waals surface area contributed by atoms with Gasteiger partial charge in [0.1, 0.15) is 5.75 Å². The zero-order chi connectivity index (χ0) is 23.8. The van der Waals surface area contributed by atoms with Crippen LogP contribution >= 0.6 is 0 Å². The van der Waals surface area contributed by atoms with Gasteiger partial charge in [0.15, 0.2) is 0 Å². The number of rotatable bonds is 5. The normalized spacial score (nSPS) is 17.0. The molecule has 12 heteroatoms. The molecule has 1 aromatic heterocycles. The number of hydrogen-bond donors (Lipinski definition) is 0. The van der Waals surface area contributed by atoms with Gasteiger partial charge < -0.3 is 14.2 Å².